The molecule has 0 spiro atoms. The molecule has 1 aliphatic rings. The van der Waals surface area contributed by atoms with Crippen molar-refractivity contribution in [2.75, 3.05) is 0 Å². The molecule has 2 atom stereocenters. The highest BCUT2D eigenvalue weighted by atomic mass is 31.2. The fourth-order valence-electron chi connectivity index (χ4n) is 2.72. The Morgan fingerprint density at radius 1 is 1.33 bits per heavy atom. The molecule has 10 heteroatoms. The third kappa shape index (κ3) is 2.77. The van der Waals surface area contributed by atoms with E-state index in [-0.39, 0.29) is 11.6 Å². The average Bonchev–Trinajstić information content (AvgIpc) is 2.98. The third-order valence-electron chi connectivity index (χ3n) is 3.68. The van der Waals surface area contributed by atoms with Crippen molar-refractivity contribution in [1.82, 2.24) is 19.1 Å². The van der Waals surface area contributed by atoms with Crippen molar-refractivity contribution in [3.8, 4) is 0 Å². The smallest absolute Gasteiger partial charge is 0.312 e. The molecule has 1 aliphatic carbocycles. The van der Waals surface area contributed by atoms with Gasteiger partial charge < -0.3 is 18.9 Å². The molecule has 2 aromatic rings. The highest BCUT2D eigenvalue weighted by molar-refractivity contribution is 7.46. The number of phosphoric ester groups is 1. The van der Waals surface area contributed by atoms with Crippen molar-refractivity contribution in [3.05, 3.63) is 23.0 Å². The zero-order valence-corrected chi connectivity index (χ0v) is 12.2. The fraction of sp³-hybridized carbons (Fsp3) is 0.545. The van der Waals surface area contributed by atoms with E-state index in [9.17, 15) is 9.36 Å². The van der Waals surface area contributed by atoms with Crippen LogP contribution in [0.15, 0.2) is 17.4 Å². The second kappa shape index (κ2) is 5.03. The summed E-state index contributed by atoms with van der Waals surface area (Å²) in [5, 5.41) is 0. The van der Waals surface area contributed by atoms with Crippen LogP contribution >= 0.6 is 7.82 Å². The van der Waals surface area contributed by atoms with Gasteiger partial charge in [-0.1, -0.05) is 0 Å². The lowest BCUT2D eigenvalue weighted by molar-refractivity contribution is 0.135. The molecule has 21 heavy (non-hydrogen) atoms. The lowest BCUT2D eigenvalue weighted by Crippen LogP contribution is -2.18. The van der Waals surface area contributed by atoms with Crippen LogP contribution in [0.25, 0.3) is 11.2 Å². The standard InChI is InChI=1S/C11H15N4O5P/c1-14-5-13-10-9(11(14)16)12-6-15(10)7-2-3-8(4-7)20-21(17,18)19/h5-8H,2-4H2,1H3,(H2,17,18,19). The zero-order chi connectivity index (χ0) is 15.2. The molecule has 0 amide bonds. The molecule has 2 unspecified atom stereocenters. The quantitative estimate of drug-likeness (QED) is 0.783. The number of nitrogens with zero attached hydrogens (tertiary/aromatic N) is 4. The molecule has 2 N–H and O–H groups in total. The minimum Gasteiger partial charge on any atom is -0.312 e. The Morgan fingerprint density at radius 2 is 2.10 bits per heavy atom. The van der Waals surface area contributed by atoms with Gasteiger partial charge in [-0.15, -0.1) is 0 Å². The maximum Gasteiger partial charge on any atom is 0.469 e. The summed E-state index contributed by atoms with van der Waals surface area (Å²) in [6, 6.07) is -0.0360. The van der Waals surface area contributed by atoms with Gasteiger partial charge in [-0.25, -0.2) is 14.5 Å². The average molecular weight is 314 g/mol. The number of phosphoric acid groups is 1. The van der Waals surface area contributed by atoms with Gasteiger partial charge >= 0.3 is 7.82 Å². The Bertz CT molecular complexity index is 779. The van der Waals surface area contributed by atoms with Crippen molar-refractivity contribution in [1.29, 1.82) is 0 Å². The molecule has 0 aliphatic heterocycles. The van der Waals surface area contributed by atoms with Gasteiger partial charge in [0, 0.05) is 13.1 Å². The Morgan fingerprint density at radius 3 is 2.81 bits per heavy atom. The van der Waals surface area contributed by atoms with E-state index in [4.69, 9.17) is 14.3 Å². The van der Waals surface area contributed by atoms with Crippen LogP contribution in [0, 0.1) is 0 Å². The van der Waals surface area contributed by atoms with Crippen LogP contribution in [0.3, 0.4) is 0 Å². The molecule has 3 rings (SSSR count). The van der Waals surface area contributed by atoms with E-state index >= 15 is 0 Å². The normalized spacial score (nSPS) is 23.0. The number of imidazole rings is 1. The van der Waals surface area contributed by atoms with Crippen LogP contribution in [0.1, 0.15) is 25.3 Å². The molecule has 0 aromatic carbocycles. The summed E-state index contributed by atoms with van der Waals surface area (Å²) in [4.78, 5) is 37.9. The lowest BCUT2D eigenvalue weighted by Gasteiger charge is -2.14. The van der Waals surface area contributed by atoms with Crippen molar-refractivity contribution in [2.45, 2.75) is 31.4 Å². The molecule has 2 heterocycles. The first kappa shape index (κ1) is 14.4. The van der Waals surface area contributed by atoms with Crippen molar-refractivity contribution in [2.24, 2.45) is 7.05 Å². The number of aromatic nitrogens is 4. The van der Waals surface area contributed by atoms with E-state index in [1.54, 1.807) is 17.9 Å². The van der Waals surface area contributed by atoms with E-state index in [2.05, 4.69) is 9.97 Å². The summed E-state index contributed by atoms with van der Waals surface area (Å²) >= 11 is 0. The minimum absolute atomic E-state index is 0.0360. The molecule has 114 valence electrons. The van der Waals surface area contributed by atoms with Crippen molar-refractivity contribution >= 4 is 19.0 Å². The van der Waals surface area contributed by atoms with Gasteiger partial charge in [0.15, 0.2) is 11.2 Å². The SMILES string of the molecule is Cn1cnc2c(ncn2C2CCC(OP(=O)(O)O)C2)c1=O. The van der Waals surface area contributed by atoms with Crippen LogP contribution < -0.4 is 5.56 Å². The Balaban J connectivity index is 1.88. The largest absolute Gasteiger partial charge is 0.469 e. The van der Waals surface area contributed by atoms with E-state index in [0.717, 1.165) is 0 Å². The fourth-order valence-corrected chi connectivity index (χ4v) is 3.30. The summed E-state index contributed by atoms with van der Waals surface area (Å²) in [5.41, 5.74) is 0.555. The Kier molecular flexibility index (Phi) is 3.45. The molecule has 2 aromatic heterocycles. The van der Waals surface area contributed by atoms with Crippen LogP contribution in [0.5, 0.6) is 0 Å². The predicted octanol–water partition coefficient (Wildman–Crippen LogP) is 0.333. The highest BCUT2D eigenvalue weighted by Gasteiger charge is 2.32. The van der Waals surface area contributed by atoms with Crippen LogP contribution in [0.2, 0.25) is 0 Å². The number of fused-ring (bicyclic) bond motifs is 1. The monoisotopic (exact) mass is 314 g/mol. The first-order chi connectivity index (χ1) is 9.85. The number of rotatable bonds is 3. The van der Waals surface area contributed by atoms with Crippen LogP contribution in [-0.2, 0) is 16.1 Å². The maximum atomic E-state index is 11.9. The van der Waals surface area contributed by atoms with Gasteiger partial charge in [0.1, 0.15) is 0 Å². The minimum atomic E-state index is -4.47. The number of hydrogen-bond acceptors (Lipinski definition) is 5. The maximum absolute atomic E-state index is 11.9. The van der Waals surface area contributed by atoms with E-state index in [1.807, 2.05) is 0 Å². The number of hydrogen-bond donors (Lipinski definition) is 2. The molecule has 1 saturated carbocycles. The molecule has 0 radical (unpaired) electrons. The van der Waals surface area contributed by atoms with Crippen molar-refractivity contribution in [3.63, 3.8) is 0 Å². The lowest BCUT2D eigenvalue weighted by atomic mass is 10.2. The second-order valence-electron chi connectivity index (χ2n) is 5.17. The summed E-state index contributed by atoms with van der Waals surface area (Å²) in [6.45, 7) is 0. The third-order valence-corrected chi connectivity index (χ3v) is 4.25. The summed E-state index contributed by atoms with van der Waals surface area (Å²) in [7, 11) is -2.87. The first-order valence-electron chi connectivity index (χ1n) is 6.47. The van der Waals surface area contributed by atoms with Gasteiger partial charge in [0.25, 0.3) is 5.56 Å². The molecular formula is C11H15N4O5P. The number of aryl methyl sites for hydroxylation is 1. The van der Waals surface area contributed by atoms with Gasteiger partial charge in [0.2, 0.25) is 0 Å². The van der Waals surface area contributed by atoms with Crippen molar-refractivity contribution < 1.29 is 18.9 Å². The molecule has 9 nitrogen and oxygen atoms in total. The Hall–Kier alpha value is -1.54. The topological polar surface area (TPSA) is 119 Å². The van der Waals surface area contributed by atoms with Gasteiger partial charge in [0.05, 0.1) is 18.8 Å². The molecule has 0 bridgehead atoms. The summed E-state index contributed by atoms with van der Waals surface area (Å²) in [5.74, 6) is 0. The van der Waals surface area contributed by atoms with E-state index < -0.39 is 13.9 Å². The summed E-state index contributed by atoms with van der Waals surface area (Å²) < 4.78 is 18.7. The molecule has 0 saturated heterocycles. The zero-order valence-electron chi connectivity index (χ0n) is 11.3. The van der Waals surface area contributed by atoms with Gasteiger partial charge in [-0.2, -0.15) is 0 Å². The Labute approximate surface area is 119 Å². The second-order valence-corrected chi connectivity index (χ2v) is 6.36. The molecule has 1 fully saturated rings. The van der Waals surface area contributed by atoms with Gasteiger partial charge in [-0.05, 0) is 19.3 Å². The van der Waals surface area contributed by atoms with Crippen LogP contribution in [-0.4, -0.2) is 35.0 Å². The molecular weight excluding hydrogens is 299 g/mol. The van der Waals surface area contributed by atoms with Crippen LogP contribution in [0.4, 0.5) is 0 Å². The predicted molar refractivity (Wildman–Crippen MR) is 72.6 cm³/mol. The van der Waals surface area contributed by atoms with E-state index in [1.165, 1.54) is 10.9 Å². The van der Waals surface area contributed by atoms with E-state index in [0.29, 0.717) is 30.4 Å². The first-order valence-corrected chi connectivity index (χ1v) is 8.00. The highest BCUT2D eigenvalue weighted by Crippen LogP contribution is 2.44. The summed E-state index contributed by atoms with van der Waals surface area (Å²) in [6.07, 6.45) is 4.16. The van der Waals surface area contributed by atoms with Gasteiger partial charge in [-0.3, -0.25) is 9.32 Å².